The van der Waals surface area contributed by atoms with Gasteiger partial charge >= 0.3 is 12.1 Å². The lowest BCUT2D eigenvalue weighted by atomic mass is 9.85. The molecule has 2 aliphatic carbocycles. The summed E-state index contributed by atoms with van der Waals surface area (Å²) in [5.74, 6) is -1.62. The predicted molar refractivity (Wildman–Crippen MR) is 221 cm³/mol. The van der Waals surface area contributed by atoms with Crippen molar-refractivity contribution in [1.29, 1.82) is 0 Å². The van der Waals surface area contributed by atoms with Crippen LogP contribution in [0.2, 0.25) is 0 Å². The minimum atomic E-state index is -1.52. The molecule has 3 heterocycles. The Labute approximate surface area is 344 Å². The highest BCUT2D eigenvalue weighted by molar-refractivity contribution is 9.10. The van der Waals surface area contributed by atoms with Crippen molar-refractivity contribution in [3.63, 3.8) is 0 Å². The summed E-state index contributed by atoms with van der Waals surface area (Å²) in [6, 6.07) is 3.18. The van der Waals surface area contributed by atoms with Crippen LogP contribution in [0.25, 0.3) is 22.3 Å². The molecule has 1 saturated heterocycles. The zero-order valence-electron chi connectivity index (χ0n) is 33.1. The summed E-state index contributed by atoms with van der Waals surface area (Å²) in [5.41, 5.74) is 0.151. The van der Waals surface area contributed by atoms with Crippen LogP contribution in [-0.4, -0.2) is 87.3 Å². The number of nitrogens with zero attached hydrogens (tertiary/aromatic N) is 3. The summed E-state index contributed by atoms with van der Waals surface area (Å²) in [6.45, 7) is 17.3. The molecule has 3 aromatic rings. The van der Waals surface area contributed by atoms with Gasteiger partial charge in [0.15, 0.2) is 5.13 Å². The van der Waals surface area contributed by atoms with Gasteiger partial charge in [-0.15, -0.1) is 17.9 Å². The van der Waals surface area contributed by atoms with Crippen LogP contribution >= 0.6 is 27.3 Å². The minimum Gasteiger partial charge on any atom is -0.495 e. The third-order valence-electron chi connectivity index (χ3n) is 10.9. The molecule has 0 unspecified atom stereocenters. The molecule has 2 saturated carbocycles. The first kappa shape index (κ1) is 41.9. The van der Waals surface area contributed by atoms with Crippen LogP contribution in [0.1, 0.15) is 73.1 Å². The molecule has 0 spiro atoms. The number of hydrogen-bond acceptors (Lipinski definition) is 11. The van der Waals surface area contributed by atoms with Crippen molar-refractivity contribution in [2.45, 2.75) is 103 Å². The summed E-state index contributed by atoms with van der Waals surface area (Å²) in [5, 5.41) is 22.1. The number of amides is 3. The number of likely N-dealkylation sites (tertiary alicyclic amines) is 1. The number of pyridine rings is 1. The third kappa shape index (κ3) is 8.91. The number of anilines is 1. The first-order valence-electron chi connectivity index (χ1n) is 19.2. The van der Waals surface area contributed by atoms with Crippen molar-refractivity contribution in [3.8, 4) is 22.9 Å². The van der Waals surface area contributed by atoms with Crippen molar-refractivity contribution in [2.24, 2.45) is 17.3 Å². The third-order valence-corrected chi connectivity index (χ3v) is 12.4. The molecule has 2 aromatic heterocycles. The number of fused-ring (bicyclic) bond motifs is 1. The number of carboxylic acids is 1. The Balaban J connectivity index is 1.34. The van der Waals surface area contributed by atoms with E-state index in [1.807, 2.05) is 46.1 Å². The van der Waals surface area contributed by atoms with E-state index in [0.29, 0.717) is 43.4 Å². The van der Waals surface area contributed by atoms with E-state index in [4.69, 9.17) is 24.2 Å². The number of hydrogen-bond donors (Lipinski definition) is 4. The number of carboxylic acid groups (broad SMARTS) is 1. The molecular formula is C41H51BrN6O8S. The number of rotatable bonds is 14. The van der Waals surface area contributed by atoms with Crippen molar-refractivity contribution < 1.29 is 38.5 Å². The van der Waals surface area contributed by atoms with E-state index in [1.165, 1.54) is 22.3 Å². The van der Waals surface area contributed by atoms with E-state index >= 15 is 0 Å². The lowest BCUT2D eigenvalue weighted by Gasteiger charge is -2.35. The van der Waals surface area contributed by atoms with Crippen molar-refractivity contribution in [1.82, 2.24) is 25.5 Å². The summed E-state index contributed by atoms with van der Waals surface area (Å²) in [6.07, 6.45) is 3.52. The monoisotopic (exact) mass is 866 g/mol. The number of carbonyl (C=O) groups is 4. The van der Waals surface area contributed by atoms with Crippen LogP contribution in [0.3, 0.4) is 0 Å². The Morgan fingerprint density at radius 3 is 2.44 bits per heavy atom. The molecular weight excluding hydrogens is 816 g/mol. The molecule has 57 heavy (non-hydrogen) atoms. The number of alkyl carbamates (subject to hydrolysis) is 1. The molecule has 1 aliphatic heterocycles. The number of allylic oxidation sites excluding steroid dienone is 1. The summed E-state index contributed by atoms with van der Waals surface area (Å²) < 4.78 is 18.6. The molecule has 306 valence electrons. The average Bonchev–Trinajstić information content (AvgIpc) is 3.57. The van der Waals surface area contributed by atoms with Gasteiger partial charge in [-0.1, -0.05) is 47.3 Å². The van der Waals surface area contributed by atoms with Crippen LogP contribution in [0.5, 0.6) is 11.5 Å². The van der Waals surface area contributed by atoms with E-state index in [0.717, 1.165) is 31.4 Å². The first-order valence-corrected chi connectivity index (χ1v) is 20.8. The number of thiazole rings is 1. The van der Waals surface area contributed by atoms with Crippen molar-refractivity contribution in [2.75, 3.05) is 19.0 Å². The van der Waals surface area contributed by atoms with Crippen LogP contribution < -0.4 is 25.4 Å². The Bertz CT molecular complexity index is 2080. The van der Waals surface area contributed by atoms with Gasteiger partial charge in [-0.25, -0.2) is 19.6 Å². The van der Waals surface area contributed by atoms with Crippen LogP contribution in [0, 0.1) is 17.3 Å². The van der Waals surface area contributed by atoms with E-state index in [1.54, 1.807) is 19.2 Å². The SMILES string of the molecule is C=C[C@@H]1C[C@]1(NC(=O)[C@@H]1C[C@H](Oc2cc(-c3csc(NC(=C)C(C)C)n3)nc3c(Br)c(OC)ccc23)CN1C(=O)[C@@H](NC(=O)OC1CCCC1)C(C)(C)C)C(=O)O. The molecule has 3 aliphatic rings. The second-order valence-corrected chi connectivity index (χ2v) is 18.0. The van der Waals surface area contributed by atoms with Crippen LogP contribution in [0.15, 0.2) is 53.0 Å². The Kier molecular flexibility index (Phi) is 12.2. The maximum atomic E-state index is 14.6. The molecule has 3 fully saturated rings. The highest BCUT2D eigenvalue weighted by atomic mass is 79.9. The van der Waals surface area contributed by atoms with Gasteiger partial charge in [0, 0.05) is 34.9 Å². The molecule has 5 atom stereocenters. The zero-order valence-corrected chi connectivity index (χ0v) is 35.6. The van der Waals surface area contributed by atoms with Gasteiger partial charge in [0.1, 0.15) is 47.0 Å². The van der Waals surface area contributed by atoms with E-state index < -0.39 is 58.9 Å². The van der Waals surface area contributed by atoms with Crippen molar-refractivity contribution in [3.05, 3.63) is 53.0 Å². The Morgan fingerprint density at radius 2 is 1.82 bits per heavy atom. The molecule has 0 bridgehead atoms. The number of nitrogens with one attached hydrogen (secondary N) is 3. The quantitative estimate of drug-likeness (QED) is 0.120. The second-order valence-electron chi connectivity index (χ2n) is 16.4. The number of aliphatic carboxylic acids is 1. The summed E-state index contributed by atoms with van der Waals surface area (Å²) >= 11 is 5.06. The maximum absolute atomic E-state index is 14.6. The fourth-order valence-corrected chi connectivity index (χ4v) is 8.66. The Hall–Kier alpha value is -4.70. The standard InChI is InChI=1S/C41H51BrN6O8S/c1-9-23-18-41(23,37(51)52)47-35(49)29-16-25(19-48(29)36(50)34(40(5,6)7)46-39(53)56-24-12-10-11-13-24)55-31-17-27(28-20-57-38(45-28)43-22(4)21(2)3)44-33-26(31)14-15-30(54-8)32(33)42/h9,14-15,17,20-21,23-25,29,34H,1,4,10-13,16,18-19H2,2-3,5-8H3,(H,43,45)(H,46,53)(H,47,49)(H,51,52)/t23-,25+,29+,34-,41-/m1/s1. The fraction of sp³-hybridized carbons (Fsp3) is 0.512. The molecule has 16 heteroatoms. The van der Waals surface area contributed by atoms with Crippen LogP contribution in [0.4, 0.5) is 9.93 Å². The number of aromatic nitrogens is 2. The Morgan fingerprint density at radius 1 is 1.11 bits per heavy atom. The topological polar surface area (TPSA) is 181 Å². The largest absolute Gasteiger partial charge is 0.495 e. The lowest BCUT2D eigenvalue weighted by Crippen LogP contribution is -2.59. The lowest BCUT2D eigenvalue weighted by molar-refractivity contribution is -0.146. The van der Waals surface area contributed by atoms with Gasteiger partial charge in [0.2, 0.25) is 11.8 Å². The molecule has 14 nitrogen and oxygen atoms in total. The van der Waals surface area contributed by atoms with Crippen molar-refractivity contribution >= 4 is 67.2 Å². The van der Waals surface area contributed by atoms with Gasteiger partial charge in [-0.2, -0.15) is 0 Å². The summed E-state index contributed by atoms with van der Waals surface area (Å²) in [4.78, 5) is 65.5. The minimum absolute atomic E-state index is 0.0353. The van der Waals surface area contributed by atoms with E-state index in [2.05, 4.69) is 45.0 Å². The number of methoxy groups -OCH3 is 1. The number of halogens is 1. The van der Waals surface area contributed by atoms with Crippen LogP contribution in [-0.2, 0) is 19.1 Å². The number of ether oxygens (including phenoxy) is 3. The molecule has 1 aromatic carbocycles. The van der Waals surface area contributed by atoms with Gasteiger partial charge in [0.05, 0.1) is 29.3 Å². The summed E-state index contributed by atoms with van der Waals surface area (Å²) in [7, 11) is 1.56. The fourth-order valence-electron chi connectivity index (χ4n) is 7.32. The zero-order chi connectivity index (χ0) is 41.4. The predicted octanol–water partition coefficient (Wildman–Crippen LogP) is 7.29. The number of benzene rings is 1. The van der Waals surface area contributed by atoms with Gasteiger partial charge in [-0.3, -0.25) is 9.59 Å². The molecule has 0 radical (unpaired) electrons. The second kappa shape index (κ2) is 16.6. The highest BCUT2D eigenvalue weighted by Crippen LogP contribution is 2.45. The highest BCUT2D eigenvalue weighted by Gasteiger charge is 2.61. The first-order chi connectivity index (χ1) is 26.9. The smallest absolute Gasteiger partial charge is 0.408 e. The van der Waals surface area contributed by atoms with Gasteiger partial charge < -0.3 is 40.2 Å². The molecule has 6 rings (SSSR count). The average molecular weight is 868 g/mol. The number of carbonyl (C=O) groups excluding carboxylic acids is 3. The molecule has 4 N–H and O–H groups in total. The van der Waals surface area contributed by atoms with E-state index in [9.17, 15) is 24.3 Å². The molecule has 3 amide bonds. The van der Waals surface area contributed by atoms with Gasteiger partial charge in [0.25, 0.3) is 0 Å². The normalized spacial score (nSPS) is 22.5. The van der Waals surface area contributed by atoms with Gasteiger partial charge in [-0.05, 0) is 71.5 Å². The maximum Gasteiger partial charge on any atom is 0.408 e. The van der Waals surface area contributed by atoms with E-state index in [-0.39, 0.29) is 31.4 Å².